The number of nitrogens with one attached hydrogen (secondary N) is 2. The molecule has 3 aromatic carbocycles. The molecule has 0 saturated carbocycles. The molecule has 0 fully saturated rings. The molecule has 0 saturated heterocycles. The van der Waals surface area contributed by atoms with E-state index >= 15 is 0 Å². The quantitative estimate of drug-likeness (QED) is 0.491. The number of carbonyl (C=O) groups excluding carboxylic acids is 2. The number of carbonyl (C=O) groups is 2. The number of benzene rings is 3. The van der Waals surface area contributed by atoms with E-state index in [0.717, 1.165) is 5.56 Å². The third kappa shape index (κ3) is 6.89. The SMILES string of the molecule is CC(C)Oc1ccccc1C(=O)NC(=S)Nc1cccc(C(=O)N(C)Cc2ccccc2)c1. The van der Waals surface area contributed by atoms with Gasteiger partial charge in [-0.25, -0.2) is 0 Å². The van der Waals surface area contributed by atoms with Crippen molar-refractivity contribution < 1.29 is 14.3 Å². The number of nitrogens with zero attached hydrogens (tertiary/aromatic N) is 1. The van der Waals surface area contributed by atoms with Gasteiger partial charge in [-0.2, -0.15) is 0 Å². The van der Waals surface area contributed by atoms with Crippen molar-refractivity contribution in [2.24, 2.45) is 0 Å². The molecule has 33 heavy (non-hydrogen) atoms. The molecule has 2 amide bonds. The fourth-order valence-electron chi connectivity index (χ4n) is 3.22. The summed E-state index contributed by atoms with van der Waals surface area (Å²) in [5.41, 5.74) is 2.56. The second-order valence-corrected chi connectivity index (χ2v) is 8.21. The van der Waals surface area contributed by atoms with Crippen LogP contribution < -0.4 is 15.4 Å². The van der Waals surface area contributed by atoms with E-state index in [2.05, 4.69) is 10.6 Å². The van der Waals surface area contributed by atoms with Crippen LogP contribution >= 0.6 is 12.2 Å². The minimum absolute atomic E-state index is 0.0654. The highest BCUT2D eigenvalue weighted by Crippen LogP contribution is 2.19. The van der Waals surface area contributed by atoms with Crippen molar-refractivity contribution in [3.05, 3.63) is 95.6 Å². The lowest BCUT2D eigenvalue weighted by Gasteiger charge is -2.18. The Hall–Kier alpha value is -3.71. The molecule has 6 nitrogen and oxygen atoms in total. The lowest BCUT2D eigenvalue weighted by molar-refractivity contribution is 0.0785. The summed E-state index contributed by atoms with van der Waals surface area (Å²) in [6, 6.07) is 23.8. The maximum atomic E-state index is 12.9. The van der Waals surface area contributed by atoms with E-state index in [1.807, 2.05) is 50.2 Å². The van der Waals surface area contributed by atoms with Crippen LogP contribution in [0.25, 0.3) is 0 Å². The van der Waals surface area contributed by atoms with Gasteiger partial charge in [-0.3, -0.25) is 14.9 Å². The minimum Gasteiger partial charge on any atom is -0.490 e. The molecule has 0 unspecified atom stereocenters. The summed E-state index contributed by atoms with van der Waals surface area (Å²) in [6.07, 6.45) is -0.0654. The van der Waals surface area contributed by atoms with Crippen molar-refractivity contribution in [1.82, 2.24) is 10.2 Å². The fraction of sp³-hybridized carbons (Fsp3) is 0.192. The average Bonchev–Trinajstić information content (AvgIpc) is 2.79. The first kappa shape index (κ1) is 23.9. The molecule has 3 rings (SSSR count). The van der Waals surface area contributed by atoms with Crippen LogP contribution in [0.3, 0.4) is 0 Å². The van der Waals surface area contributed by atoms with E-state index in [-0.39, 0.29) is 23.0 Å². The summed E-state index contributed by atoms with van der Waals surface area (Å²) in [7, 11) is 1.76. The molecule has 0 spiro atoms. The highest BCUT2D eigenvalue weighted by Gasteiger charge is 2.16. The van der Waals surface area contributed by atoms with Crippen molar-refractivity contribution in [2.75, 3.05) is 12.4 Å². The minimum atomic E-state index is -0.376. The van der Waals surface area contributed by atoms with Crippen molar-refractivity contribution in [3.63, 3.8) is 0 Å². The van der Waals surface area contributed by atoms with Gasteiger partial charge in [0.1, 0.15) is 5.75 Å². The van der Waals surface area contributed by atoms with Gasteiger partial charge in [0.15, 0.2) is 5.11 Å². The first-order chi connectivity index (χ1) is 15.8. The average molecular weight is 462 g/mol. The Bertz CT molecular complexity index is 1130. The first-order valence-corrected chi connectivity index (χ1v) is 11.0. The maximum Gasteiger partial charge on any atom is 0.261 e. The largest absolute Gasteiger partial charge is 0.490 e. The topological polar surface area (TPSA) is 70.7 Å². The summed E-state index contributed by atoms with van der Waals surface area (Å²) in [5.74, 6) is -0.00218. The van der Waals surface area contributed by atoms with Crippen LogP contribution in [0, 0.1) is 0 Å². The van der Waals surface area contributed by atoms with E-state index in [9.17, 15) is 9.59 Å². The van der Waals surface area contributed by atoms with E-state index in [0.29, 0.717) is 29.1 Å². The Labute approximate surface area is 199 Å². The standard InChI is InChI=1S/C26H27N3O3S/c1-18(2)32-23-15-8-7-14-22(23)24(30)28-26(33)27-21-13-9-12-20(16-21)25(31)29(3)17-19-10-5-4-6-11-19/h4-16,18H,17H2,1-3H3,(H2,27,28,30,33). The van der Waals surface area contributed by atoms with Crippen LogP contribution in [-0.4, -0.2) is 35.0 Å². The lowest BCUT2D eigenvalue weighted by atomic mass is 10.1. The summed E-state index contributed by atoms with van der Waals surface area (Å²) < 4.78 is 5.71. The molecule has 0 aliphatic heterocycles. The molecule has 2 N–H and O–H groups in total. The highest BCUT2D eigenvalue weighted by atomic mass is 32.1. The number of hydrogen-bond acceptors (Lipinski definition) is 4. The molecule has 170 valence electrons. The lowest BCUT2D eigenvalue weighted by Crippen LogP contribution is -2.34. The van der Waals surface area contributed by atoms with Crippen LogP contribution in [0.5, 0.6) is 5.75 Å². The summed E-state index contributed by atoms with van der Waals surface area (Å²) in [4.78, 5) is 27.2. The second-order valence-electron chi connectivity index (χ2n) is 7.80. The number of hydrogen-bond donors (Lipinski definition) is 2. The normalized spacial score (nSPS) is 10.4. The van der Waals surface area contributed by atoms with Crippen LogP contribution in [-0.2, 0) is 6.54 Å². The zero-order chi connectivity index (χ0) is 23.8. The van der Waals surface area contributed by atoms with Gasteiger partial charge in [0, 0.05) is 24.8 Å². The molecule has 0 aliphatic rings. The van der Waals surface area contributed by atoms with Gasteiger partial charge in [0.05, 0.1) is 11.7 Å². The highest BCUT2D eigenvalue weighted by molar-refractivity contribution is 7.80. The maximum absolute atomic E-state index is 12.9. The molecular formula is C26H27N3O3S. The molecule has 7 heteroatoms. The number of para-hydroxylation sites is 1. The van der Waals surface area contributed by atoms with Gasteiger partial charge in [-0.15, -0.1) is 0 Å². The van der Waals surface area contributed by atoms with Gasteiger partial charge in [0.2, 0.25) is 0 Å². The smallest absolute Gasteiger partial charge is 0.261 e. The summed E-state index contributed by atoms with van der Waals surface area (Å²) in [5, 5.41) is 5.77. The van der Waals surface area contributed by atoms with Crippen LogP contribution in [0.4, 0.5) is 5.69 Å². The Morgan fingerprint density at radius 2 is 1.67 bits per heavy atom. The molecule has 0 radical (unpaired) electrons. The van der Waals surface area contributed by atoms with E-state index in [4.69, 9.17) is 17.0 Å². The Balaban J connectivity index is 1.64. The second kappa shape index (κ2) is 11.2. The van der Waals surface area contributed by atoms with Gasteiger partial charge in [0.25, 0.3) is 11.8 Å². The molecule has 0 bridgehead atoms. The third-order valence-corrected chi connectivity index (χ3v) is 4.90. The number of anilines is 1. The predicted octanol–water partition coefficient (Wildman–Crippen LogP) is 4.87. The molecule has 3 aromatic rings. The fourth-order valence-corrected chi connectivity index (χ4v) is 3.43. The molecule has 0 aromatic heterocycles. The Kier molecular flexibility index (Phi) is 8.16. The number of ether oxygens (including phenoxy) is 1. The van der Waals surface area contributed by atoms with E-state index < -0.39 is 0 Å². The predicted molar refractivity (Wildman–Crippen MR) is 135 cm³/mol. The van der Waals surface area contributed by atoms with E-state index in [1.54, 1.807) is 54.4 Å². The molecule has 0 heterocycles. The number of rotatable bonds is 7. The van der Waals surface area contributed by atoms with Gasteiger partial charge in [-0.1, -0.05) is 48.5 Å². The van der Waals surface area contributed by atoms with Gasteiger partial charge < -0.3 is 15.0 Å². The monoisotopic (exact) mass is 461 g/mol. The summed E-state index contributed by atoms with van der Waals surface area (Å²) >= 11 is 5.31. The van der Waals surface area contributed by atoms with Crippen LogP contribution in [0.15, 0.2) is 78.9 Å². The first-order valence-electron chi connectivity index (χ1n) is 10.6. The van der Waals surface area contributed by atoms with Gasteiger partial charge in [-0.05, 0) is 62.0 Å². The third-order valence-electron chi connectivity index (χ3n) is 4.70. The molecular weight excluding hydrogens is 434 g/mol. The Morgan fingerprint density at radius 3 is 2.39 bits per heavy atom. The van der Waals surface area contributed by atoms with Crippen molar-refractivity contribution in [1.29, 1.82) is 0 Å². The summed E-state index contributed by atoms with van der Waals surface area (Å²) in [6.45, 7) is 4.29. The van der Waals surface area contributed by atoms with Crippen molar-refractivity contribution in [3.8, 4) is 5.75 Å². The Morgan fingerprint density at radius 1 is 0.970 bits per heavy atom. The zero-order valence-electron chi connectivity index (χ0n) is 18.9. The molecule has 0 atom stereocenters. The van der Waals surface area contributed by atoms with Crippen LogP contribution in [0.1, 0.15) is 40.1 Å². The van der Waals surface area contributed by atoms with Crippen molar-refractivity contribution in [2.45, 2.75) is 26.5 Å². The number of thiocarbonyl (C=S) groups is 1. The van der Waals surface area contributed by atoms with E-state index in [1.165, 1.54) is 0 Å². The molecule has 0 aliphatic carbocycles. The zero-order valence-corrected chi connectivity index (χ0v) is 19.7. The van der Waals surface area contributed by atoms with Crippen LogP contribution in [0.2, 0.25) is 0 Å². The van der Waals surface area contributed by atoms with Crippen molar-refractivity contribution >= 4 is 34.8 Å². The number of amides is 2. The van der Waals surface area contributed by atoms with Gasteiger partial charge >= 0.3 is 0 Å².